The molecule has 2 rings (SSSR count). The number of rotatable bonds is 3. The Bertz CT molecular complexity index is 605. The Morgan fingerprint density at radius 1 is 1.28 bits per heavy atom. The number of carbonyl (C=O) groups excluding carboxylic acids is 2. The molecule has 2 aromatic rings. The van der Waals surface area contributed by atoms with Crippen LogP contribution in [0.4, 0.5) is 11.5 Å². The highest BCUT2D eigenvalue weighted by molar-refractivity contribution is 6.09. The lowest BCUT2D eigenvalue weighted by Crippen LogP contribution is -2.16. The maximum absolute atomic E-state index is 11.8. The molecule has 1 aromatic heterocycles. The summed E-state index contributed by atoms with van der Waals surface area (Å²) in [4.78, 5) is 23.2. The maximum atomic E-state index is 11.8. The number of aromatic nitrogens is 3. The molecular formula is C11H11N5O2. The first-order chi connectivity index (χ1) is 8.59. The van der Waals surface area contributed by atoms with Crippen LogP contribution < -0.4 is 11.1 Å². The summed E-state index contributed by atoms with van der Waals surface area (Å²) in [6, 6.07) is 6.69. The SMILES string of the molecule is CC(=O)c1ccccc1NC(=O)c1n[nH]nc1N. The molecule has 92 valence electrons. The van der Waals surface area contributed by atoms with Crippen molar-refractivity contribution in [1.82, 2.24) is 15.4 Å². The summed E-state index contributed by atoms with van der Waals surface area (Å²) in [7, 11) is 0. The van der Waals surface area contributed by atoms with E-state index in [2.05, 4.69) is 20.7 Å². The number of nitrogens with two attached hydrogens (primary N) is 1. The van der Waals surface area contributed by atoms with E-state index in [-0.39, 0.29) is 17.3 Å². The Kier molecular flexibility index (Phi) is 3.05. The normalized spacial score (nSPS) is 10.1. The number of amides is 1. The first kappa shape index (κ1) is 11.8. The molecule has 0 aliphatic heterocycles. The number of para-hydroxylation sites is 1. The van der Waals surface area contributed by atoms with Gasteiger partial charge in [-0.3, -0.25) is 9.59 Å². The molecule has 7 heteroatoms. The molecule has 4 N–H and O–H groups in total. The van der Waals surface area contributed by atoms with Crippen molar-refractivity contribution in [2.24, 2.45) is 0 Å². The van der Waals surface area contributed by atoms with E-state index in [0.717, 1.165) is 0 Å². The van der Waals surface area contributed by atoms with Crippen LogP contribution in [0.1, 0.15) is 27.8 Å². The topological polar surface area (TPSA) is 114 Å². The second-order valence-corrected chi connectivity index (χ2v) is 3.61. The van der Waals surface area contributed by atoms with Crippen molar-refractivity contribution < 1.29 is 9.59 Å². The molecule has 0 aliphatic carbocycles. The van der Waals surface area contributed by atoms with Gasteiger partial charge in [0, 0.05) is 5.56 Å². The van der Waals surface area contributed by atoms with Crippen molar-refractivity contribution in [2.45, 2.75) is 6.92 Å². The monoisotopic (exact) mass is 245 g/mol. The largest absolute Gasteiger partial charge is 0.380 e. The van der Waals surface area contributed by atoms with Gasteiger partial charge < -0.3 is 11.1 Å². The third-order valence-corrected chi connectivity index (χ3v) is 2.34. The van der Waals surface area contributed by atoms with Gasteiger partial charge in [-0.05, 0) is 19.1 Å². The minimum Gasteiger partial charge on any atom is -0.380 e. The number of hydrogen-bond donors (Lipinski definition) is 3. The van der Waals surface area contributed by atoms with Crippen molar-refractivity contribution in [3.63, 3.8) is 0 Å². The summed E-state index contributed by atoms with van der Waals surface area (Å²) in [6.45, 7) is 1.43. The van der Waals surface area contributed by atoms with Crippen LogP contribution in [0, 0.1) is 0 Å². The zero-order chi connectivity index (χ0) is 13.1. The third-order valence-electron chi connectivity index (χ3n) is 2.34. The van der Waals surface area contributed by atoms with E-state index in [4.69, 9.17) is 5.73 Å². The van der Waals surface area contributed by atoms with E-state index in [1.54, 1.807) is 24.3 Å². The first-order valence-corrected chi connectivity index (χ1v) is 5.17. The molecule has 1 aromatic carbocycles. The van der Waals surface area contributed by atoms with Crippen molar-refractivity contribution in [3.05, 3.63) is 35.5 Å². The van der Waals surface area contributed by atoms with Crippen LogP contribution in [0.5, 0.6) is 0 Å². The highest BCUT2D eigenvalue weighted by Gasteiger charge is 2.16. The van der Waals surface area contributed by atoms with Gasteiger partial charge in [0.15, 0.2) is 17.3 Å². The van der Waals surface area contributed by atoms with Gasteiger partial charge >= 0.3 is 0 Å². The van der Waals surface area contributed by atoms with Crippen molar-refractivity contribution >= 4 is 23.2 Å². The summed E-state index contributed by atoms with van der Waals surface area (Å²) >= 11 is 0. The number of nitrogens with one attached hydrogen (secondary N) is 2. The van der Waals surface area contributed by atoms with E-state index >= 15 is 0 Å². The Balaban J connectivity index is 2.28. The van der Waals surface area contributed by atoms with Crippen LogP contribution in [0.25, 0.3) is 0 Å². The van der Waals surface area contributed by atoms with Crippen molar-refractivity contribution in [1.29, 1.82) is 0 Å². The highest BCUT2D eigenvalue weighted by atomic mass is 16.2. The first-order valence-electron chi connectivity index (χ1n) is 5.17. The summed E-state index contributed by atoms with van der Waals surface area (Å²) in [5, 5.41) is 12.0. The van der Waals surface area contributed by atoms with Gasteiger partial charge in [-0.2, -0.15) is 5.21 Å². The molecule has 0 fully saturated rings. The molecule has 0 saturated heterocycles. The molecule has 0 bridgehead atoms. The van der Waals surface area contributed by atoms with Crippen LogP contribution in [-0.2, 0) is 0 Å². The fourth-order valence-electron chi connectivity index (χ4n) is 1.49. The van der Waals surface area contributed by atoms with E-state index in [0.29, 0.717) is 11.3 Å². The molecule has 0 aliphatic rings. The average Bonchev–Trinajstić information content (AvgIpc) is 2.76. The number of nitrogen functional groups attached to an aromatic ring is 1. The molecular weight excluding hydrogens is 234 g/mol. The number of anilines is 2. The zero-order valence-corrected chi connectivity index (χ0v) is 9.60. The Hall–Kier alpha value is -2.70. The van der Waals surface area contributed by atoms with Gasteiger partial charge in [0.2, 0.25) is 0 Å². The van der Waals surface area contributed by atoms with Crippen LogP contribution in [-0.4, -0.2) is 27.1 Å². The number of ketones is 1. The summed E-state index contributed by atoms with van der Waals surface area (Å²) < 4.78 is 0. The molecule has 18 heavy (non-hydrogen) atoms. The standard InChI is InChI=1S/C11H11N5O2/c1-6(17)7-4-2-3-5-8(7)13-11(18)9-10(12)15-16-14-9/h2-5H,1H3,(H,13,18)(H3,12,14,15,16). The molecule has 0 spiro atoms. The van der Waals surface area contributed by atoms with Gasteiger partial charge in [-0.1, -0.05) is 12.1 Å². The van der Waals surface area contributed by atoms with Gasteiger partial charge in [0.1, 0.15) is 0 Å². The summed E-state index contributed by atoms with van der Waals surface area (Å²) in [6.07, 6.45) is 0. The highest BCUT2D eigenvalue weighted by Crippen LogP contribution is 2.17. The van der Waals surface area contributed by atoms with Gasteiger partial charge in [-0.25, -0.2) is 0 Å². The number of benzene rings is 1. The van der Waals surface area contributed by atoms with E-state index in [1.165, 1.54) is 6.92 Å². The lowest BCUT2D eigenvalue weighted by Gasteiger charge is -2.07. The van der Waals surface area contributed by atoms with Crippen LogP contribution in [0.15, 0.2) is 24.3 Å². The minimum absolute atomic E-state index is 0.00615. The maximum Gasteiger partial charge on any atom is 0.280 e. The average molecular weight is 245 g/mol. The lowest BCUT2D eigenvalue weighted by atomic mass is 10.1. The van der Waals surface area contributed by atoms with Crippen molar-refractivity contribution in [2.75, 3.05) is 11.1 Å². The number of carbonyl (C=O) groups is 2. The number of H-pyrrole nitrogens is 1. The van der Waals surface area contributed by atoms with Crippen LogP contribution in [0.3, 0.4) is 0 Å². The van der Waals surface area contributed by atoms with Crippen LogP contribution >= 0.6 is 0 Å². The predicted molar refractivity (Wildman–Crippen MR) is 65.2 cm³/mol. The molecule has 7 nitrogen and oxygen atoms in total. The van der Waals surface area contributed by atoms with E-state index in [9.17, 15) is 9.59 Å². The second kappa shape index (κ2) is 4.66. The number of nitrogens with zero attached hydrogens (tertiary/aromatic N) is 2. The fourth-order valence-corrected chi connectivity index (χ4v) is 1.49. The minimum atomic E-state index is -0.519. The molecule has 0 unspecified atom stereocenters. The van der Waals surface area contributed by atoms with Crippen molar-refractivity contribution in [3.8, 4) is 0 Å². The fraction of sp³-hybridized carbons (Fsp3) is 0.0909. The molecule has 0 radical (unpaired) electrons. The molecule has 0 saturated carbocycles. The van der Waals surface area contributed by atoms with E-state index in [1.807, 2.05) is 0 Å². The number of hydrogen-bond acceptors (Lipinski definition) is 5. The second-order valence-electron chi connectivity index (χ2n) is 3.61. The number of aromatic amines is 1. The van der Waals surface area contributed by atoms with E-state index < -0.39 is 5.91 Å². The molecule has 1 amide bonds. The summed E-state index contributed by atoms with van der Waals surface area (Å²) in [5.41, 5.74) is 6.29. The lowest BCUT2D eigenvalue weighted by molar-refractivity contribution is 0.101. The van der Waals surface area contributed by atoms with Crippen LogP contribution in [0.2, 0.25) is 0 Å². The van der Waals surface area contributed by atoms with Gasteiger partial charge in [-0.15, -0.1) is 10.2 Å². The van der Waals surface area contributed by atoms with Gasteiger partial charge in [0.05, 0.1) is 5.69 Å². The molecule has 0 atom stereocenters. The number of Topliss-reactive ketones (excluding diaryl/α,β-unsaturated/α-hetero) is 1. The smallest absolute Gasteiger partial charge is 0.280 e. The Labute approximate surface area is 102 Å². The summed E-state index contributed by atoms with van der Waals surface area (Å²) in [5.74, 6) is -0.651. The predicted octanol–water partition coefficient (Wildman–Crippen LogP) is 0.842. The Morgan fingerprint density at radius 2 is 2.00 bits per heavy atom. The zero-order valence-electron chi connectivity index (χ0n) is 9.60. The Morgan fingerprint density at radius 3 is 2.61 bits per heavy atom. The third kappa shape index (κ3) is 2.19. The molecule has 1 heterocycles. The quantitative estimate of drug-likeness (QED) is 0.693. The van der Waals surface area contributed by atoms with Gasteiger partial charge in [0.25, 0.3) is 5.91 Å².